The summed E-state index contributed by atoms with van der Waals surface area (Å²) in [6, 6.07) is 16.3. The van der Waals surface area contributed by atoms with Gasteiger partial charge in [0.15, 0.2) is 0 Å². The van der Waals surface area contributed by atoms with Gasteiger partial charge < -0.3 is 10.1 Å². The Kier molecular flexibility index (Phi) is 6.95. The summed E-state index contributed by atoms with van der Waals surface area (Å²) in [7, 11) is -3.56. The number of morpholine rings is 1. The highest BCUT2D eigenvalue weighted by molar-refractivity contribution is 7.89. The van der Waals surface area contributed by atoms with Gasteiger partial charge >= 0.3 is 0 Å². The zero-order chi connectivity index (χ0) is 21.8. The van der Waals surface area contributed by atoms with Gasteiger partial charge in [-0.2, -0.15) is 4.31 Å². The van der Waals surface area contributed by atoms with Crippen molar-refractivity contribution in [3.8, 4) is 0 Å². The number of amides is 1. The summed E-state index contributed by atoms with van der Waals surface area (Å²) in [4.78, 5) is 12.8. The highest BCUT2D eigenvalue weighted by Crippen LogP contribution is 2.28. The molecule has 6 nitrogen and oxygen atoms in total. The predicted molar refractivity (Wildman–Crippen MR) is 117 cm³/mol. The quantitative estimate of drug-likeness (QED) is 0.732. The van der Waals surface area contributed by atoms with E-state index in [-0.39, 0.29) is 22.3 Å². The van der Waals surface area contributed by atoms with E-state index in [0.29, 0.717) is 31.9 Å². The van der Waals surface area contributed by atoms with E-state index in [2.05, 4.69) is 31.3 Å². The Morgan fingerprint density at radius 2 is 1.67 bits per heavy atom. The van der Waals surface area contributed by atoms with Gasteiger partial charge in [-0.1, -0.05) is 44.2 Å². The molecule has 30 heavy (non-hydrogen) atoms. The number of sulfonamides is 1. The zero-order valence-electron chi connectivity index (χ0n) is 17.8. The summed E-state index contributed by atoms with van der Waals surface area (Å²) in [6.07, 6.45) is 0.784. The molecule has 1 amide bonds. The number of hydrogen-bond acceptors (Lipinski definition) is 4. The van der Waals surface area contributed by atoms with Crippen LogP contribution in [0, 0.1) is 0 Å². The fraction of sp³-hybridized carbons (Fsp3) is 0.435. The van der Waals surface area contributed by atoms with Crippen LogP contribution in [0.1, 0.15) is 43.1 Å². The van der Waals surface area contributed by atoms with E-state index in [1.807, 2.05) is 25.1 Å². The molecule has 3 rings (SSSR count). The number of carbonyl (C=O) groups excluding carboxylic acids is 1. The lowest BCUT2D eigenvalue weighted by Crippen LogP contribution is -2.40. The standard InChI is InChI=1S/C23H30N2O4S/c1-18(17-23(2,3)20-7-5-4-6-8-20)24-22(26)19-9-11-21(12-10-19)30(27,28)25-13-15-29-16-14-25/h4-12,18H,13-17H2,1-3H3,(H,24,26). The summed E-state index contributed by atoms with van der Waals surface area (Å²) in [5.74, 6) is -0.207. The van der Waals surface area contributed by atoms with Gasteiger partial charge in [-0.05, 0) is 48.6 Å². The van der Waals surface area contributed by atoms with Crippen LogP contribution in [0.5, 0.6) is 0 Å². The molecule has 0 aromatic heterocycles. The summed E-state index contributed by atoms with van der Waals surface area (Å²) in [6.45, 7) is 7.80. The van der Waals surface area contributed by atoms with Crippen molar-refractivity contribution >= 4 is 15.9 Å². The average Bonchev–Trinajstić information content (AvgIpc) is 2.74. The summed E-state index contributed by atoms with van der Waals surface area (Å²) < 4.78 is 32.1. The van der Waals surface area contributed by atoms with Crippen LogP contribution in [0.3, 0.4) is 0 Å². The number of nitrogens with zero attached hydrogens (tertiary/aromatic N) is 1. The second kappa shape index (κ2) is 9.29. The van der Waals surface area contributed by atoms with Gasteiger partial charge in [0.25, 0.3) is 5.91 Å². The third-order valence-electron chi connectivity index (χ3n) is 5.47. The zero-order valence-corrected chi connectivity index (χ0v) is 18.6. The van der Waals surface area contributed by atoms with E-state index in [1.54, 1.807) is 12.1 Å². The lowest BCUT2D eigenvalue weighted by molar-refractivity contribution is 0.0730. The normalized spacial score (nSPS) is 16.8. The Balaban J connectivity index is 1.63. The summed E-state index contributed by atoms with van der Waals surface area (Å²) >= 11 is 0. The van der Waals surface area contributed by atoms with Crippen LogP contribution in [-0.4, -0.2) is 51.0 Å². The molecule has 1 atom stereocenters. The van der Waals surface area contributed by atoms with Crippen molar-refractivity contribution in [1.29, 1.82) is 0 Å². The maximum Gasteiger partial charge on any atom is 0.251 e. The average molecular weight is 431 g/mol. The van der Waals surface area contributed by atoms with Crippen LogP contribution in [0.4, 0.5) is 0 Å². The fourth-order valence-electron chi connectivity index (χ4n) is 3.85. The van der Waals surface area contributed by atoms with Crippen LogP contribution in [-0.2, 0) is 20.2 Å². The molecule has 0 saturated carbocycles. The van der Waals surface area contributed by atoms with E-state index in [4.69, 9.17) is 4.74 Å². The Hall–Kier alpha value is -2.22. The molecular weight excluding hydrogens is 400 g/mol. The molecule has 1 saturated heterocycles. The first kappa shape index (κ1) is 22.5. The number of benzene rings is 2. The smallest absolute Gasteiger partial charge is 0.251 e. The predicted octanol–water partition coefficient (Wildman–Crippen LogP) is 3.19. The topological polar surface area (TPSA) is 75.7 Å². The second-order valence-corrected chi connectivity index (χ2v) is 10.3. The van der Waals surface area contributed by atoms with E-state index >= 15 is 0 Å². The number of carbonyl (C=O) groups is 1. The lowest BCUT2D eigenvalue weighted by Gasteiger charge is -2.29. The Morgan fingerprint density at radius 3 is 2.27 bits per heavy atom. The summed E-state index contributed by atoms with van der Waals surface area (Å²) in [5, 5.41) is 3.03. The van der Waals surface area contributed by atoms with Gasteiger partial charge in [-0.3, -0.25) is 4.79 Å². The van der Waals surface area contributed by atoms with Crippen LogP contribution >= 0.6 is 0 Å². The fourth-order valence-corrected chi connectivity index (χ4v) is 5.25. The summed E-state index contributed by atoms with van der Waals surface area (Å²) in [5.41, 5.74) is 1.59. The monoisotopic (exact) mass is 430 g/mol. The molecule has 2 aromatic carbocycles. The molecule has 0 radical (unpaired) electrons. The van der Waals surface area contributed by atoms with Crippen molar-refractivity contribution in [2.24, 2.45) is 0 Å². The molecule has 1 heterocycles. The number of ether oxygens (including phenoxy) is 1. The first-order valence-corrected chi connectivity index (χ1v) is 11.7. The van der Waals surface area contributed by atoms with Gasteiger partial charge in [-0.15, -0.1) is 0 Å². The van der Waals surface area contributed by atoms with Crippen molar-refractivity contribution in [2.75, 3.05) is 26.3 Å². The van der Waals surface area contributed by atoms with E-state index in [9.17, 15) is 13.2 Å². The molecule has 0 aliphatic carbocycles. The molecule has 0 bridgehead atoms. The van der Waals surface area contributed by atoms with Gasteiger partial charge in [0.2, 0.25) is 10.0 Å². The van der Waals surface area contributed by atoms with Gasteiger partial charge in [-0.25, -0.2) is 8.42 Å². The number of hydrogen-bond donors (Lipinski definition) is 1. The SMILES string of the molecule is CC(CC(C)(C)c1ccccc1)NC(=O)c1ccc(S(=O)(=O)N2CCOCC2)cc1. The Bertz CT molecular complexity index is 950. The molecular formula is C23H30N2O4S. The largest absolute Gasteiger partial charge is 0.379 e. The number of rotatable bonds is 7. The third kappa shape index (κ3) is 5.28. The first-order chi connectivity index (χ1) is 14.2. The van der Waals surface area contributed by atoms with Crippen LogP contribution in [0.15, 0.2) is 59.5 Å². The Morgan fingerprint density at radius 1 is 1.07 bits per heavy atom. The maximum atomic E-state index is 12.7. The van der Waals surface area contributed by atoms with Crippen molar-refractivity contribution in [3.63, 3.8) is 0 Å². The molecule has 2 aromatic rings. The minimum absolute atomic E-state index is 0.0375. The van der Waals surface area contributed by atoms with Crippen molar-refractivity contribution in [3.05, 3.63) is 65.7 Å². The molecule has 1 fully saturated rings. The number of nitrogens with one attached hydrogen (secondary N) is 1. The first-order valence-electron chi connectivity index (χ1n) is 10.2. The minimum Gasteiger partial charge on any atom is -0.379 e. The molecule has 1 N–H and O–H groups in total. The highest BCUT2D eigenvalue weighted by Gasteiger charge is 2.27. The minimum atomic E-state index is -3.56. The molecule has 1 aliphatic heterocycles. The molecule has 7 heteroatoms. The highest BCUT2D eigenvalue weighted by atomic mass is 32.2. The lowest BCUT2D eigenvalue weighted by atomic mass is 9.79. The van der Waals surface area contributed by atoms with Crippen LogP contribution in [0.25, 0.3) is 0 Å². The molecule has 1 aliphatic rings. The van der Waals surface area contributed by atoms with Crippen LogP contribution in [0.2, 0.25) is 0 Å². The van der Waals surface area contributed by atoms with Gasteiger partial charge in [0, 0.05) is 24.7 Å². The van der Waals surface area contributed by atoms with E-state index in [1.165, 1.54) is 22.0 Å². The van der Waals surface area contributed by atoms with E-state index < -0.39 is 10.0 Å². The second-order valence-electron chi connectivity index (χ2n) is 8.37. The Labute approximate surface area is 179 Å². The van der Waals surface area contributed by atoms with Crippen molar-refractivity contribution < 1.29 is 17.9 Å². The van der Waals surface area contributed by atoms with Crippen molar-refractivity contribution in [2.45, 2.75) is 43.5 Å². The van der Waals surface area contributed by atoms with Crippen molar-refractivity contribution in [1.82, 2.24) is 9.62 Å². The maximum absolute atomic E-state index is 12.7. The van der Waals surface area contributed by atoms with Crippen LogP contribution < -0.4 is 5.32 Å². The molecule has 0 spiro atoms. The third-order valence-corrected chi connectivity index (χ3v) is 7.39. The molecule has 1 unspecified atom stereocenters. The molecule has 162 valence electrons. The van der Waals surface area contributed by atoms with E-state index in [0.717, 1.165) is 6.42 Å². The van der Waals surface area contributed by atoms with Gasteiger partial charge in [0.05, 0.1) is 18.1 Å². The van der Waals surface area contributed by atoms with Gasteiger partial charge in [0.1, 0.15) is 0 Å².